The Morgan fingerprint density at radius 2 is 1.00 bits per heavy atom. The minimum Gasteiger partial charge on any atom is -0.480 e. The summed E-state index contributed by atoms with van der Waals surface area (Å²) in [4.78, 5) is 45.1. The molecule has 0 aliphatic heterocycles. The fourth-order valence-electron chi connectivity index (χ4n) is 1.06. The summed E-state index contributed by atoms with van der Waals surface area (Å²) in [5, 5.41) is 22.1. The lowest BCUT2D eigenvalue weighted by Gasteiger charge is -2.19. The molecule has 0 aliphatic rings. The van der Waals surface area contributed by atoms with E-state index in [1.54, 1.807) is 0 Å². The zero-order chi connectivity index (χ0) is 20.7. The van der Waals surface area contributed by atoms with Crippen molar-refractivity contribution in [2.45, 2.75) is 19.7 Å². The van der Waals surface area contributed by atoms with E-state index in [0.29, 0.717) is 0 Å². The molecule has 0 saturated heterocycles. The number of carbonyl (C=O) groups is 4. The maximum atomic E-state index is 11.5. The summed E-state index contributed by atoms with van der Waals surface area (Å²) >= 11 is 32.0. The molecular weight excluding hydrogens is 521 g/mol. The highest BCUT2D eigenvalue weighted by Crippen LogP contribution is 2.28. The van der Waals surface area contributed by atoms with Gasteiger partial charge in [0.15, 0.2) is 0 Å². The molecule has 0 heterocycles. The van der Waals surface area contributed by atoms with Crippen LogP contribution in [0.25, 0.3) is 0 Å². The third kappa shape index (κ3) is 10.6. The fraction of sp³-hybridized carbons (Fsp3) is 0.600. The van der Waals surface area contributed by atoms with Gasteiger partial charge >= 0.3 is 11.9 Å². The smallest absolute Gasteiger partial charge is 0.327 e. The van der Waals surface area contributed by atoms with Crippen molar-refractivity contribution in [3.63, 3.8) is 0 Å². The summed E-state index contributed by atoms with van der Waals surface area (Å²) in [6.07, 6.45) is 0. The number of halogens is 6. The van der Waals surface area contributed by atoms with Crippen LogP contribution in [0.15, 0.2) is 0 Å². The number of carboxylic acid groups (broad SMARTS) is 2. The van der Waals surface area contributed by atoms with E-state index < -0.39 is 43.4 Å². The number of hydrogen-bond acceptors (Lipinski definition) is 6. The predicted octanol–water partition coefficient (Wildman–Crippen LogP) is 2.25. The number of nitrogens with one attached hydrogen (secondary N) is 2. The minimum atomic E-state index is -2.33. The zero-order valence-corrected chi connectivity index (χ0v) is 18.3. The lowest BCUT2D eigenvalue weighted by molar-refractivity contribution is -0.141. The molecule has 2 atom stereocenters. The maximum Gasteiger partial charge on any atom is 0.327 e. The molecule has 8 nitrogen and oxygen atoms in total. The van der Waals surface area contributed by atoms with E-state index in [9.17, 15) is 19.2 Å². The molecule has 4 N–H and O–H groups in total. The Kier molecular flexibility index (Phi) is 11.5. The summed E-state index contributed by atoms with van der Waals surface area (Å²) in [5.41, 5.74) is 0. The van der Waals surface area contributed by atoms with Crippen molar-refractivity contribution in [2.75, 3.05) is 11.5 Å². The summed E-state index contributed by atoms with van der Waals surface area (Å²) in [6, 6.07) is -2.79. The molecule has 2 amide bonds. The Bertz CT molecular complexity index is 507. The van der Waals surface area contributed by atoms with Crippen LogP contribution in [0.2, 0.25) is 0 Å². The zero-order valence-electron chi connectivity index (χ0n) is 12.2. The van der Waals surface area contributed by atoms with Crippen molar-refractivity contribution < 1.29 is 29.4 Å². The number of hydrogen-bond donors (Lipinski definition) is 4. The van der Waals surface area contributed by atoms with Crippen molar-refractivity contribution in [3.8, 4) is 0 Å². The molecule has 0 saturated carbocycles. The molecule has 0 aromatic heterocycles. The Hall–Kier alpha value is 0.320. The van der Waals surface area contributed by atoms with Crippen LogP contribution in [0.1, 0.15) is 0 Å². The van der Waals surface area contributed by atoms with Crippen LogP contribution in [0, 0.1) is 0 Å². The number of carbonyl (C=O) groups excluding carboxylic acids is 2. The summed E-state index contributed by atoms with van der Waals surface area (Å²) < 4.78 is -4.66. The average molecular weight is 531 g/mol. The lowest BCUT2D eigenvalue weighted by Crippen LogP contribution is -2.47. The number of amides is 2. The Morgan fingerprint density at radius 3 is 1.19 bits per heavy atom. The van der Waals surface area contributed by atoms with Gasteiger partial charge in [-0.25, -0.2) is 9.59 Å². The van der Waals surface area contributed by atoms with Crippen LogP contribution in [0.5, 0.6) is 0 Å². The summed E-state index contributed by atoms with van der Waals surface area (Å²) in [5.74, 6) is -5.40. The first-order valence-corrected chi connectivity index (χ1v) is 10.9. The normalized spacial score (nSPS) is 14.2. The average Bonchev–Trinajstić information content (AvgIpc) is 2.45. The third-order valence-corrected chi connectivity index (χ3v) is 5.73. The molecule has 0 rings (SSSR count). The second-order valence-electron chi connectivity index (χ2n) is 4.29. The molecule has 0 aromatic rings. The van der Waals surface area contributed by atoms with Crippen LogP contribution in [0.4, 0.5) is 0 Å². The van der Waals surface area contributed by atoms with Gasteiger partial charge in [0, 0.05) is 11.5 Å². The minimum absolute atomic E-state index is 0.183. The van der Waals surface area contributed by atoms with Crippen molar-refractivity contribution in [1.29, 1.82) is 0 Å². The van der Waals surface area contributed by atoms with E-state index in [-0.39, 0.29) is 11.5 Å². The molecule has 26 heavy (non-hydrogen) atoms. The number of carboxylic acids is 2. The van der Waals surface area contributed by atoms with Crippen molar-refractivity contribution in [1.82, 2.24) is 10.6 Å². The van der Waals surface area contributed by atoms with Gasteiger partial charge < -0.3 is 20.8 Å². The molecule has 0 aliphatic carbocycles. The van der Waals surface area contributed by atoms with Gasteiger partial charge in [0.05, 0.1) is 0 Å². The lowest BCUT2D eigenvalue weighted by atomic mass is 10.3. The molecule has 0 bridgehead atoms. The highest BCUT2D eigenvalue weighted by Gasteiger charge is 2.35. The van der Waals surface area contributed by atoms with Crippen LogP contribution in [-0.4, -0.2) is 65.1 Å². The maximum absolute atomic E-state index is 11.5. The van der Waals surface area contributed by atoms with Gasteiger partial charge in [-0.2, -0.15) is 0 Å². The first-order valence-electron chi connectivity index (χ1n) is 6.11. The highest BCUT2D eigenvalue weighted by atomic mass is 35.6. The van der Waals surface area contributed by atoms with E-state index >= 15 is 0 Å². The Labute approximate surface area is 185 Å². The Balaban J connectivity index is 4.57. The van der Waals surface area contributed by atoms with Gasteiger partial charge in [0.2, 0.25) is 0 Å². The number of aliphatic carboxylic acids is 2. The van der Waals surface area contributed by atoms with Crippen LogP contribution in [0.3, 0.4) is 0 Å². The molecule has 150 valence electrons. The first-order chi connectivity index (χ1) is 11.7. The van der Waals surface area contributed by atoms with Gasteiger partial charge in [-0.3, -0.25) is 9.59 Å². The van der Waals surface area contributed by atoms with Gasteiger partial charge in [-0.05, 0) is 0 Å². The van der Waals surface area contributed by atoms with Gasteiger partial charge in [-0.1, -0.05) is 91.2 Å². The summed E-state index contributed by atoms with van der Waals surface area (Å²) in [7, 11) is 1.80. The van der Waals surface area contributed by atoms with E-state index in [0.717, 1.165) is 21.6 Å². The van der Waals surface area contributed by atoms with E-state index in [4.69, 9.17) is 79.8 Å². The predicted molar refractivity (Wildman–Crippen MR) is 105 cm³/mol. The van der Waals surface area contributed by atoms with E-state index in [1.807, 2.05) is 10.6 Å². The fourth-order valence-corrected chi connectivity index (χ4v) is 3.70. The second kappa shape index (κ2) is 11.4. The van der Waals surface area contributed by atoms with Gasteiger partial charge in [0.1, 0.15) is 12.1 Å². The van der Waals surface area contributed by atoms with E-state index in [2.05, 4.69) is 0 Å². The van der Waals surface area contributed by atoms with Crippen LogP contribution >= 0.6 is 91.2 Å². The van der Waals surface area contributed by atoms with Crippen molar-refractivity contribution in [3.05, 3.63) is 0 Å². The van der Waals surface area contributed by atoms with Gasteiger partial charge in [-0.15, -0.1) is 0 Å². The topological polar surface area (TPSA) is 133 Å². The van der Waals surface area contributed by atoms with Crippen molar-refractivity contribution >= 4 is 115 Å². The Morgan fingerprint density at radius 1 is 0.731 bits per heavy atom. The standard InChI is InChI=1S/C10H10Cl6N2O6S2/c11-9(12,13)7(23)17-3(5(19)20)1-25-26-2-4(6(21)22)18-8(24)10(14,15)16/h3-4H,1-2H2,(H,17,23)(H,18,24)(H,19,20)(H,21,22)/t3-,4-/m0/s1. The van der Waals surface area contributed by atoms with E-state index in [1.165, 1.54) is 0 Å². The largest absolute Gasteiger partial charge is 0.480 e. The molecule has 16 heteroatoms. The van der Waals surface area contributed by atoms with Crippen LogP contribution < -0.4 is 10.6 Å². The summed E-state index contributed by atoms with van der Waals surface area (Å²) in [6.45, 7) is 0. The third-order valence-electron chi connectivity index (χ3n) is 2.27. The molecule has 0 unspecified atom stereocenters. The molecule has 0 radical (unpaired) electrons. The molecule has 0 fully saturated rings. The van der Waals surface area contributed by atoms with Gasteiger partial charge in [0.25, 0.3) is 19.4 Å². The van der Waals surface area contributed by atoms with Crippen molar-refractivity contribution in [2.24, 2.45) is 0 Å². The molecule has 0 spiro atoms. The monoisotopic (exact) mass is 528 g/mol. The second-order valence-corrected chi connectivity index (χ2v) is 11.4. The highest BCUT2D eigenvalue weighted by molar-refractivity contribution is 8.76. The van der Waals surface area contributed by atoms with Crippen LogP contribution in [-0.2, 0) is 19.2 Å². The molecular formula is C10H10Cl6N2O6S2. The SMILES string of the molecule is O=C(O)[C@H](CSSC[C@H](NC(=O)C(Cl)(Cl)Cl)C(=O)O)NC(=O)C(Cl)(Cl)Cl. The first kappa shape index (κ1) is 26.3. The molecule has 0 aromatic carbocycles. The number of alkyl halides is 6. The quantitative estimate of drug-likeness (QED) is 0.203. The number of rotatable bonds is 9.